The Kier molecular flexibility index (Phi) is 4.16. The molecule has 0 fully saturated rings. The summed E-state index contributed by atoms with van der Waals surface area (Å²) in [6.07, 6.45) is 1.16. The van der Waals surface area contributed by atoms with Crippen LogP contribution in [-0.2, 0) is 11.2 Å². The Morgan fingerprint density at radius 3 is 3.00 bits per heavy atom. The third-order valence-corrected chi connectivity index (χ3v) is 3.28. The first-order valence-corrected chi connectivity index (χ1v) is 6.51. The second-order valence-electron chi connectivity index (χ2n) is 4.97. The molecule has 0 aliphatic carbocycles. The van der Waals surface area contributed by atoms with Crippen molar-refractivity contribution in [2.75, 3.05) is 18.4 Å². The molecule has 1 unspecified atom stereocenters. The first-order valence-electron chi connectivity index (χ1n) is 6.51. The Bertz CT molecular complexity index is 499. The van der Waals surface area contributed by atoms with Crippen LogP contribution >= 0.6 is 0 Å². The third kappa shape index (κ3) is 3.32. The predicted molar refractivity (Wildman–Crippen MR) is 73.9 cm³/mol. The van der Waals surface area contributed by atoms with Crippen LogP contribution in [0, 0.1) is 5.92 Å². The van der Waals surface area contributed by atoms with E-state index in [2.05, 4.69) is 10.6 Å². The molecule has 1 atom stereocenters. The van der Waals surface area contributed by atoms with Gasteiger partial charge in [-0.15, -0.1) is 0 Å². The van der Waals surface area contributed by atoms with Gasteiger partial charge in [-0.1, -0.05) is 6.92 Å². The minimum Gasteiger partial charge on any atom is -0.352 e. The minimum absolute atomic E-state index is 0.0291. The summed E-state index contributed by atoms with van der Waals surface area (Å²) in [6.45, 7) is 3.11. The van der Waals surface area contributed by atoms with Crippen LogP contribution in [0.15, 0.2) is 18.2 Å². The zero-order chi connectivity index (χ0) is 13.8. The molecule has 19 heavy (non-hydrogen) atoms. The maximum absolute atomic E-state index is 12.0. The van der Waals surface area contributed by atoms with Crippen molar-refractivity contribution in [3.8, 4) is 0 Å². The monoisotopic (exact) mass is 261 g/mol. The van der Waals surface area contributed by atoms with E-state index in [1.54, 1.807) is 12.1 Å². The lowest BCUT2D eigenvalue weighted by Crippen LogP contribution is -2.31. The molecule has 0 spiro atoms. The number of hydrogen-bond donors (Lipinski definition) is 3. The number of fused-ring (bicyclic) bond motifs is 1. The number of aryl methyl sites for hydroxylation is 1. The molecule has 2 amide bonds. The van der Waals surface area contributed by atoms with E-state index in [0.717, 1.165) is 11.3 Å². The van der Waals surface area contributed by atoms with E-state index in [1.807, 2.05) is 13.0 Å². The molecule has 5 nitrogen and oxygen atoms in total. The number of amides is 2. The first-order chi connectivity index (χ1) is 9.10. The summed E-state index contributed by atoms with van der Waals surface area (Å²) in [5.74, 6) is 0.197. The lowest BCUT2D eigenvalue weighted by Gasteiger charge is -2.17. The van der Waals surface area contributed by atoms with Crippen LogP contribution < -0.4 is 16.4 Å². The highest BCUT2D eigenvalue weighted by Crippen LogP contribution is 2.23. The summed E-state index contributed by atoms with van der Waals surface area (Å²) in [4.78, 5) is 23.2. The largest absolute Gasteiger partial charge is 0.352 e. The zero-order valence-electron chi connectivity index (χ0n) is 11.0. The van der Waals surface area contributed by atoms with Crippen LogP contribution in [0.1, 0.15) is 29.3 Å². The van der Waals surface area contributed by atoms with Crippen molar-refractivity contribution in [2.24, 2.45) is 11.7 Å². The summed E-state index contributed by atoms with van der Waals surface area (Å²) in [5.41, 5.74) is 7.96. The van der Waals surface area contributed by atoms with E-state index < -0.39 is 0 Å². The molecule has 2 rings (SSSR count). The van der Waals surface area contributed by atoms with Gasteiger partial charge in [-0.2, -0.15) is 0 Å². The fourth-order valence-electron chi connectivity index (χ4n) is 1.98. The van der Waals surface area contributed by atoms with Crippen LogP contribution in [0.3, 0.4) is 0 Å². The Morgan fingerprint density at radius 2 is 2.26 bits per heavy atom. The SMILES string of the molecule is CC(CN)CNC(=O)c1ccc2c(c1)CCC(=O)N2. The maximum Gasteiger partial charge on any atom is 0.251 e. The Morgan fingerprint density at radius 1 is 1.47 bits per heavy atom. The molecule has 0 radical (unpaired) electrons. The van der Waals surface area contributed by atoms with Crippen molar-refractivity contribution in [2.45, 2.75) is 19.8 Å². The Hall–Kier alpha value is -1.88. The molecule has 0 saturated heterocycles. The molecule has 4 N–H and O–H groups in total. The minimum atomic E-state index is -0.0972. The highest BCUT2D eigenvalue weighted by atomic mass is 16.2. The number of benzene rings is 1. The topological polar surface area (TPSA) is 84.2 Å². The van der Waals surface area contributed by atoms with Crippen molar-refractivity contribution in [1.29, 1.82) is 0 Å². The van der Waals surface area contributed by atoms with Crippen molar-refractivity contribution < 1.29 is 9.59 Å². The second kappa shape index (κ2) is 5.84. The maximum atomic E-state index is 12.0. The standard InChI is InChI=1S/C14H19N3O2/c1-9(7-15)8-16-14(19)11-2-4-12-10(6-11)3-5-13(18)17-12/h2,4,6,9H,3,5,7-8,15H2,1H3,(H,16,19)(H,17,18). The second-order valence-corrected chi connectivity index (χ2v) is 4.97. The Labute approximate surface area is 112 Å². The van der Waals surface area contributed by atoms with Crippen LogP contribution in [-0.4, -0.2) is 24.9 Å². The van der Waals surface area contributed by atoms with Gasteiger partial charge in [0.25, 0.3) is 5.91 Å². The number of nitrogens with two attached hydrogens (primary N) is 1. The van der Waals surface area contributed by atoms with E-state index >= 15 is 0 Å². The van der Waals surface area contributed by atoms with Crippen molar-refractivity contribution in [3.63, 3.8) is 0 Å². The van der Waals surface area contributed by atoms with E-state index in [9.17, 15) is 9.59 Å². The molecule has 0 saturated carbocycles. The molecule has 1 aliphatic heterocycles. The molecule has 0 bridgehead atoms. The summed E-state index contributed by atoms with van der Waals surface area (Å²) in [5, 5.41) is 5.66. The van der Waals surface area contributed by atoms with Gasteiger partial charge in [0.05, 0.1) is 0 Å². The van der Waals surface area contributed by atoms with Gasteiger partial charge in [-0.25, -0.2) is 0 Å². The molecule has 0 aromatic heterocycles. The number of rotatable bonds is 4. The van der Waals surface area contributed by atoms with Gasteiger partial charge in [0.2, 0.25) is 5.91 Å². The lowest BCUT2D eigenvalue weighted by atomic mass is 10.00. The molecule has 102 valence electrons. The van der Waals surface area contributed by atoms with Gasteiger partial charge in [0.1, 0.15) is 0 Å². The van der Waals surface area contributed by atoms with E-state index in [4.69, 9.17) is 5.73 Å². The van der Waals surface area contributed by atoms with Crippen molar-refractivity contribution >= 4 is 17.5 Å². The van der Waals surface area contributed by atoms with E-state index in [1.165, 1.54) is 0 Å². The normalized spacial score (nSPS) is 15.4. The summed E-state index contributed by atoms with van der Waals surface area (Å²) < 4.78 is 0. The zero-order valence-corrected chi connectivity index (χ0v) is 11.0. The summed E-state index contributed by atoms with van der Waals surface area (Å²) in [7, 11) is 0. The number of hydrogen-bond acceptors (Lipinski definition) is 3. The van der Waals surface area contributed by atoms with E-state index in [0.29, 0.717) is 31.5 Å². The predicted octanol–water partition coefficient (Wildman–Crippen LogP) is 0.896. The molecular weight excluding hydrogens is 242 g/mol. The fourth-order valence-corrected chi connectivity index (χ4v) is 1.98. The van der Waals surface area contributed by atoms with Crippen LogP contribution in [0.5, 0.6) is 0 Å². The van der Waals surface area contributed by atoms with Gasteiger partial charge >= 0.3 is 0 Å². The summed E-state index contributed by atoms with van der Waals surface area (Å²) >= 11 is 0. The summed E-state index contributed by atoms with van der Waals surface area (Å²) in [6, 6.07) is 5.36. The third-order valence-electron chi connectivity index (χ3n) is 3.28. The first kappa shape index (κ1) is 13.5. The molecular formula is C14H19N3O2. The molecule has 1 aromatic rings. The smallest absolute Gasteiger partial charge is 0.251 e. The molecule has 1 aromatic carbocycles. The fraction of sp³-hybridized carbons (Fsp3) is 0.429. The average molecular weight is 261 g/mol. The van der Waals surface area contributed by atoms with E-state index in [-0.39, 0.29) is 17.7 Å². The molecule has 5 heteroatoms. The molecule has 1 aliphatic rings. The van der Waals surface area contributed by atoms with Crippen LogP contribution in [0.2, 0.25) is 0 Å². The number of carbonyl (C=O) groups is 2. The van der Waals surface area contributed by atoms with Gasteiger partial charge in [0.15, 0.2) is 0 Å². The van der Waals surface area contributed by atoms with Gasteiger partial charge in [0, 0.05) is 24.2 Å². The van der Waals surface area contributed by atoms with Crippen LogP contribution in [0.25, 0.3) is 0 Å². The Balaban J connectivity index is 2.05. The highest BCUT2D eigenvalue weighted by molar-refractivity contribution is 5.97. The highest BCUT2D eigenvalue weighted by Gasteiger charge is 2.16. The quantitative estimate of drug-likeness (QED) is 0.752. The lowest BCUT2D eigenvalue weighted by molar-refractivity contribution is -0.116. The van der Waals surface area contributed by atoms with Gasteiger partial charge in [-0.05, 0) is 42.6 Å². The van der Waals surface area contributed by atoms with Crippen molar-refractivity contribution in [1.82, 2.24) is 5.32 Å². The number of carbonyl (C=O) groups excluding carboxylic acids is 2. The van der Waals surface area contributed by atoms with Crippen LogP contribution in [0.4, 0.5) is 5.69 Å². The molecule has 1 heterocycles. The number of anilines is 1. The average Bonchev–Trinajstić information content (AvgIpc) is 2.43. The van der Waals surface area contributed by atoms with Gasteiger partial charge < -0.3 is 16.4 Å². The van der Waals surface area contributed by atoms with Gasteiger partial charge in [-0.3, -0.25) is 9.59 Å². The van der Waals surface area contributed by atoms with Crippen molar-refractivity contribution in [3.05, 3.63) is 29.3 Å². The number of nitrogens with one attached hydrogen (secondary N) is 2.